The summed E-state index contributed by atoms with van der Waals surface area (Å²) in [5, 5.41) is 26.3. The van der Waals surface area contributed by atoms with E-state index in [0.29, 0.717) is 27.9 Å². The number of anilines is 1. The molecule has 0 saturated carbocycles. The molecule has 0 fully saturated rings. The second kappa shape index (κ2) is 8.23. The summed E-state index contributed by atoms with van der Waals surface area (Å²) in [6, 6.07) is 17.8. The summed E-state index contributed by atoms with van der Waals surface area (Å²) in [4.78, 5) is 12.6. The summed E-state index contributed by atoms with van der Waals surface area (Å²) in [7, 11) is 1.56. The molecule has 0 saturated heterocycles. The maximum absolute atomic E-state index is 12.6. The predicted octanol–water partition coefficient (Wildman–Crippen LogP) is 4.01. The third kappa shape index (κ3) is 3.71. The molecule has 10 heteroatoms. The van der Waals surface area contributed by atoms with E-state index in [4.69, 9.17) is 9.15 Å². The molecule has 0 aliphatic heterocycles. The van der Waals surface area contributed by atoms with Crippen molar-refractivity contribution in [2.24, 2.45) is 0 Å². The van der Waals surface area contributed by atoms with Crippen LogP contribution in [0.25, 0.3) is 27.6 Å². The van der Waals surface area contributed by atoms with Crippen LogP contribution in [-0.4, -0.2) is 44.1 Å². The molecule has 9 nitrogen and oxygen atoms in total. The predicted molar refractivity (Wildman–Crippen MR) is 120 cm³/mol. The molecular weight excluding hydrogens is 430 g/mol. The van der Waals surface area contributed by atoms with E-state index in [2.05, 4.69) is 20.8 Å². The number of benzene rings is 3. The first-order valence-corrected chi connectivity index (χ1v) is 10.6. The van der Waals surface area contributed by atoms with E-state index in [1.54, 1.807) is 37.4 Å². The third-order valence-corrected chi connectivity index (χ3v) is 5.76. The smallest absolute Gasteiger partial charge is 0.234 e. The summed E-state index contributed by atoms with van der Waals surface area (Å²) in [6.07, 6.45) is 0. The number of carbonyl (C=O) groups excluding carboxylic acids is 1. The Morgan fingerprint density at radius 1 is 1.12 bits per heavy atom. The standard InChI is InChI=1S/C22H17N5O4S/c1-30-20-10-16-15-4-2-3-5-18(15)31-19(16)11-17(20)23-21(29)12-32-22-24-25-26-27(22)13-6-8-14(28)9-7-13/h2-11,28H,12H2,1H3,(H,23,29). The quantitative estimate of drug-likeness (QED) is 0.375. The number of carbonyl (C=O) groups is 1. The van der Waals surface area contributed by atoms with Gasteiger partial charge in [-0.2, -0.15) is 4.68 Å². The van der Waals surface area contributed by atoms with Crippen LogP contribution in [-0.2, 0) is 4.79 Å². The highest BCUT2D eigenvalue weighted by Gasteiger charge is 2.16. The Balaban J connectivity index is 1.34. The summed E-state index contributed by atoms with van der Waals surface area (Å²) >= 11 is 1.19. The second-order valence-corrected chi connectivity index (χ2v) is 7.82. The van der Waals surface area contributed by atoms with Crippen molar-refractivity contribution in [3.05, 3.63) is 60.7 Å². The van der Waals surface area contributed by atoms with Gasteiger partial charge in [-0.05, 0) is 46.8 Å². The molecule has 2 N–H and O–H groups in total. The minimum atomic E-state index is -0.246. The van der Waals surface area contributed by atoms with Crippen LogP contribution in [0.2, 0.25) is 0 Å². The van der Waals surface area contributed by atoms with Gasteiger partial charge in [0.05, 0.1) is 24.2 Å². The Bertz CT molecular complexity index is 1430. The van der Waals surface area contributed by atoms with Gasteiger partial charge in [0.2, 0.25) is 11.1 Å². The van der Waals surface area contributed by atoms with Gasteiger partial charge in [-0.25, -0.2) is 0 Å². The van der Waals surface area contributed by atoms with E-state index in [1.165, 1.54) is 16.4 Å². The molecule has 3 aromatic carbocycles. The molecule has 0 unspecified atom stereocenters. The molecule has 0 aliphatic rings. The molecule has 2 heterocycles. The number of nitrogens with zero attached hydrogens (tertiary/aromatic N) is 4. The Morgan fingerprint density at radius 2 is 1.94 bits per heavy atom. The van der Waals surface area contributed by atoms with Crippen molar-refractivity contribution in [2.75, 3.05) is 18.2 Å². The van der Waals surface area contributed by atoms with Crippen molar-refractivity contribution < 1.29 is 19.1 Å². The van der Waals surface area contributed by atoms with Gasteiger partial charge in [0.25, 0.3) is 0 Å². The van der Waals surface area contributed by atoms with Crippen molar-refractivity contribution in [1.29, 1.82) is 0 Å². The first kappa shape index (κ1) is 19.9. The first-order chi connectivity index (χ1) is 15.6. The molecule has 5 rings (SSSR count). The number of phenolic OH excluding ortho intramolecular Hbond substituents is 1. The number of fused-ring (bicyclic) bond motifs is 3. The minimum absolute atomic E-state index is 0.0831. The Labute approximate surface area is 186 Å². The van der Waals surface area contributed by atoms with Crippen LogP contribution in [0.3, 0.4) is 0 Å². The average Bonchev–Trinajstić information content (AvgIpc) is 3.41. The van der Waals surface area contributed by atoms with Crippen LogP contribution in [0, 0.1) is 0 Å². The van der Waals surface area contributed by atoms with Crippen LogP contribution in [0.5, 0.6) is 11.5 Å². The highest BCUT2D eigenvalue weighted by molar-refractivity contribution is 7.99. The lowest BCUT2D eigenvalue weighted by Gasteiger charge is -2.10. The van der Waals surface area contributed by atoms with E-state index < -0.39 is 0 Å². The summed E-state index contributed by atoms with van der Waals surface area (Å²) in [5.41, 5.74) is 2.62. The van der Waals surface area contributed by atoms with Gasteiger partial charge in [-0.15, -0.1) is 5.10 Å². The summed E-state index contributed by atoms with van der Waals surface area (Å²) in [6.45, 7) is 0. The number of phenols is 1. The van der Waals surface area contributed by atoms with E-state index in [-0.39, 0.29) is 17.4 Å². The number of ether oxygens (including phenoxy) is 1. The molecule has 0 spiro atoms. The zero-order chi connectivity index (χ0) is 22.1. The lowest BCUT2D eigenvalue weighted by Crippen LogP contribution is -2.15. The van der Waals surface area contributed by atoms with Crippen molar-refractivity contribution in [3.63, 3.8) is 0 Å². The highest BCUT2D eigenvalue weighted by Crippen LogP contribution is 2.36. The van der Waals surface area contributed by atoms with Gasteiger partial charge >= 0.3 is 0 Å². The topological polar surface area (TPSA) is 115 Å². The fraction of sp³-hybridized carbons (Fsp3) is 0.0909. The average molecular weight is 447 g/mol. The van der Waals surface area contributed by atoms with Crippen LogP contribution in [0.1, 0.15) is 0 Å². The number of hydrogen-bond acceptors (Lipinski definition) is 8. The van der Waals surface area contributed by atoms with Gasteiger partial charge in [-0.3, -0.25) is 4.79 Å². The Morgan fingerprint density at radius 3 is 2.75 bits per heavy atom. The van der Waals surface area contributed by atoms with E-state index in [1.807, 2.05) is 30.3 Å². The summed E-state index contributed by atoms with van der Waals surface area (Å²) in [5.74, 6) is 0.519. The molecule has 1 amide bonds. The van der Waals surface area contributed by atoms with Gasteiger partial charge in [0.15, 0.2) is 0 Å². The fourth-order valence-electron chi connectivity index (χ4n) is 3.36. The van der Waals surface area contributed by atoms with Gasteiger partial charge in [-0.1, -0.05) is 30.0 Å². The zero-order valence-corrected chi connectivity index (χ0v) is 17.7. The van der Waals surface area contributed by atoms with E-state index >= 15 is 0 Å². The number of methoxy groups -OCH3 is 1. The number of furan rings is 1. The van der Waals surface area contributed by atoms with Crippen LogP contribution >= 0.6 is 11.8 Å². The van der Waals surface area contributed by atoms with E-state index in [0.717, 1.165) is 16.4 Å². The molecule has 2 aromatic heterocycles. The number of thioether (sulfide) groups is 1. The molecule has 0 aliphatic carbocycles. The normalized spacial score (nSPS) is 11.2. The lowest BCUT2D eigenvalue weighted by atomic mass is 10.1. The van der Waals surface area contributed by atoms with Gasteiger partial charge < -0.3 is 19.6 Å². The van der Waals surface area contributed by atoms with Gasteiger partial charge in [0, 0.05) is 16.8 Å². The Hall–Kier alpha value is -4.05. The number of tetrazole rings is 1. The van der Waals surface area contributed by atoms with E-state index in [9.17, 15) is 9.90 Å². The largest absolute Gasteiger partial charge is 0.508 e. The molecule has 0 bridgehead atoms. The van der Waals surface area contributed by atoms with Crippen LogP contribution in [0.15, 0.2) is 70.2 Å². The number of hydrogen-bond donors (Lipinski definition) is 2. The number of amides is 1. The Kier molecular flexibility index (Phi) is 5.12. The maximum atomic E-state index is 12.6. The lowest BCUT2D eigenvalue weighted by molar-refractivity contribution is -0.113. The maximum Gasteiger partial charge on any atom is 0.234 e. The molecule has 0 atom stereocenters. The SMILES string of the molecule is COc1cc2c(cc1NC(=O)CSc1nnnn1-c1ccc(O)cc1)oc1ccccc12. The number of aromatic hydroxyl groups is 1. The second-order valence-electron chi connectivity index (χ2n) is 6.87. The molecule has 32 heavy (non-hydrogen) atoms. The summed E-state index contributed by atoms with van der Waals surface area (Å²) < 4.78 is 12.9. The van der Waals surface area contributed by atoms with Crippen LogP contribution in [0.4, 0.5) is 5.69 Å². The van der Waals surface area contributed by atoms with Crippen molar-refractivity contribution in [2.45, 2.75) is 5.16 Å². The van der Waals surface area contributed by atoms with Gasteiger partial charge in [0.1, 0.15) is 22.7 Å². The van der Waals surface area contributed by atoms with Crippen molar-refractivity contribution >= 4 is 45.3 Å². The van der Waals surface area contributed by atoms with Crippen molar-refractivity contribution in [3.8, 4) is 17.2 Å². The molecule has 5 aromatic rings. The highest BCUT2D eigenvalue weighted by atomic mass is 32.2. The zero-order valence-electron chi connectivity index (χ0n) is 16.8. The molecular formula is C22H17N5O4S. The first-order valence-electron chi connectivity index (χ1n) is 9.62. The van der Waals surface area contributed by atoms with Crippen molar-refractivity contribution in [1.82, 2.24) is 20.2 Å². The minimum Gasteiger partial charge on any atom is -0.508 e. The number of nitrogens with one attached hydrogen (secondary N) is 1. The number of para-hydroxylation sites is 1. The molecule has 160 valence electrons. The number of rotatable bonds is 6. The third-order valence-electron chi connectivity index (χ3n) is 4.84. The number of aromatic nitrogens is 4. The van der Waals surface area contributed by atoms with Crippen LogP contribution < -0.4 is 10.1 Å². The fourth-order valence-corrected chi connectivity index (χ4v) is 4.05. The monoisotopic (exact) mass is 447 g/mol. The molecule has 0 radical (unpaired) electrons.